The van der Waals surface area contributed by atoms with Gasteiger partial charge in [0.05, 0.1) is 18.8 Å². The number of nitrogens with zero attached hydrogens (tertiary/aromatic N) is 2. The predicted octanol–water partition coefficient (Wildman–Crippen LogP) is 0.822. The summed E-state index contributed by atoms with van der Waals surface area (Å²) >= 11 is 0. The van der Waals surface area contributed by atoms with Crippen LogP contribution in [0.15, 0.2) is 18.3 Å². The summed E-state index contributed by atoms with van der Waals surface area (Å²) in [5.41, 5.74) is 0.406. The van der Waals surface area contributed by atoms with Gasteiger partial charge in [0.1, 0.15) is 12.2 Å². The second kappa shape index (κ2) is 5.44. The van der Waals surface area contributed by atoms with Gasteiger partial charge in [0.15, 0.2) is 0 Å². The van der Waals surface area contributed by atoms with Crippen LogP contribution in [0.3, 0.4) is 0 Å². The van der Waals surface area contributed by atoms with E-state index in [1.165, 1.54) is 4.57 Å². The van der Waals surface area contributed by atoms with Crippen molar-refractivity contribution in [2.75, 3.05) is 13.2 Å². The first kappa shape index (κ1) is 13.6. The number of ether oxygens (including phenoxy) is 1. The first-order chi connectivity index (χ1) is 8.99. The molecule has 2 rings (SSSR count). The average molecular weight is 266 g/mol. The predicted molar refractivity (Wildman–Crippen MR) is 68.0 cm³/mol. The average Bonchev–Trinajstić information content (AvgIpc) is 2.78. The molecule has 1 saturated heterocycles. The van der Waals surface area contributed by atoms with Crippen LogP contribution < -0.4 is 0 Å². The highest BCUT2D eigenvalue weighted by Gasteiger charge is 2.29. The maximum atomic E-state index is 12.5. The number of aliphatic carboxylic acids is 1. The van der Waals surface area contributed by atoms with Crippen LogP contribution in [0.25, 0.3) is 0 Å². The molecule has 1 aromatic rings. The molecule has 6 nitrogen and oxygen atoms in total. The van der Waals surface area contributed by atoms with Crippen molar-refractivity contribution in [3.63, 3.8) is 0 Å². The van der Waals surface area contributed by atoms with Crippen LogP contribution >= 0.6 is 0 Å². The molecular formula is C13H18N2O4. The van der Waals surface area contributed by atoms with E-state index in [-0.39, 0.29) is 24.6 Å². The Morgan fingerprint density at radius 3 is 2.89 bits per heavy atom. The number of hydrogen-bond donors (Lipinski definition) is 1. The molecule has 1 fully saturated rings. The Balaban J connectivity index is 2.19. The van der Waals surface area contributed by atoms with Gasteiger partial charge in [0, 0.05) is 12.7 Å². The maximum Gasteiger partial charge on any atom is 0.323 e. The monoisotopic (exact) mass is 266 g/mol. The second-order valence-corrected chi connectivity index (χ2v) is 4.87. The minimum absolute atomic E-state index is 0.00281. The van der Waals surface area contributed by atoms with E-state index in [0.29, 0.717) is 18.8 Å². The van der Waals surface area contributed by atoms with Crippen LogP contribution in [0.5, 0.6) is 0 Å². The molecule has 2 unspecified atom stereocenters. The summed E-state index contributed by atoms with van der Waals surface area (Å²) in [7, 11) is 0. The lowest BCUT2D eigenvalue weighted by atomic mass is 10.2. The Hall–Kier alpha value is -1.82. The molecule has 0 aliphatic carbocycles. The summed E-state index contributed by atoms with van der Waals surface area (Å²) in [6.07, 6.45) is 1.61. The van der Waals surface area contributed by atoms with E-state index in [1.54, 1.807) is 23.2 Å². The summed E-state index contributed by atoms with van der Waals surface area (Å²) in [4.78, 5) is 25.0. The summed E-state index contributed by atoms with van der Waals surface area (Å²) in [6.45, 7) is 4.67. The highest BCUT2D eigenvalue weighted by Crippen LogP contribution is 2.16. The van der Waals surface area contributed by atoms with Crippen molar-refractivity contribution in [2.24, 2.45) is 0 Å². The van der Waals surface area contributed by atoms with Crippen molar-refractivity contribution < 1.29 is 19.4 Å². The Labute approximate surface area is 111 Å². The zero-order valence-electron chi connectivity index (χ0n) is 11.1. The van der Waals surface area contributed by atoms with E-state index in [0.717, 1.165) is 0 Å². The number of hydrogen-bond acceptors (Lipinski definition) is 3. The quantitative estimate of drug-likeness (QED) is 0.879. The van der Waals surface area contributed by atoms with Crippen LogP contribution in [-0.2, 0) is 16.1 Å². The van der Waals surface area contributed by atoms with Crippen LogP contribution in [0, 0.1) is 0 Å². The molecule has 1 aromatic heterocycles. The minimum Gasteiger partial charge on any atom is -0.480 e. The van der Waals surface area contributed by atoms with Gasteiger partial charge < -0.3 is 19.3 Å². The maximum absolute atomic E-state index is 12.5. The van der Waals surface area contributed by atoms with Gasteiger partial charge in [0.2, 0.25) is 0 Å². The molecular weight excluding hydrogens is 248 g/mol. The number of carboxylic acids is 1. The van der Waals surface area contributed by atoms with Gasteiger partial charge >= 0.3 is 5.97 Å². The van der Waals surface area contributed by atoms with Crippen molar-refractivity contribution in [2.45, 2.75) is 32.5 Å². The van der Waals surface area contributed by atoms with E-state index in [4.69, 9.17) is 9.84 Å². The van der Waals surface area contributed by atoms with Gasteiger partial charge in [-0.3, -0.25) is 9.59 Å². The molecule has 0 saturated carbocycles. The Morgan fingerprint density at radius 1 is 1.47 bits per heavy atom. The van der Waals surface area contributed by atoms with Gasteiger partial charge in [0.25, 0.3) is 5.91 Å². The number of carboxylic acid groups (broad SMARTS) is 1. The Kier molecular flexibility index (Phi) is 3.90. The van der Waals surface area contributed by atoms with Crippen molar-refractivity contribution in [1.29, 1.82) is 0 Å². The highest BCUT2D eigenvalue weighted by molar-refractivity contribution is 5.93. The van der Waals surface area contributed by atoms with Crippen molar-refractivity contribution in [3.05, 3.63) is 24.0 Å². The Morgan fingerprint density at radius 2 is 2.21 bits per heavy atom. The van der Waals surface area contributed by atoms with Gasteiger partial charge in [-0.2, -0.15) is 0 Å². The molecule has 104 valence electrons. The zero-order chi connectivity index (χ0) is 14.0. The van der Waals surface area contributed by atoms with E-state index >= 15 is 0 Å². The van der Waals surface area contributed by atoms with Crippen molar-refractivity contribution >= 4 is 11.9 Å². The number of carbonyl (C=O) groups is 2. The van der Waals surface area contributed by atoms with Crippen LogP contribution in [0.1, 0.15) is 24.3 Å². The fourth-order valence-corrected chi connectivity index (χ4v) is 2.23. The number of amides is 1. The smallest absolute Gasteiger partial charge is 0.323 e. The lowest BCUT2D eigenvalue weighted by molar-refractivity contribution is -0.137. The molecule has 1 aliphatic rings. The molecule has 0 radical (unpaired) electrons. The molecule has 1 amide bonds. The summed E-state index contributed by atoms with van der Waals surface area (Å²) in [5, 5.41) is 8.83. The van der Waals surface area contributed by atoms with Gasteiger partial charge in [-0.25, -0.2) is 0 Å². The third-order valence-electron chi connectivity index (χ3n) is 3.22. The van der Waals surface area contributed by atoms with Gasteiger partial charge in [-0.1, -0.05) is 0 Å². The zero-order valence-corrected chi connectivity index (χ0v) is 11.1. The van der Waals surface area contributed by atoms with E-state index in [9.17, 15) is 9.59 Å². The lowest BCUT2D eigenvalue weighted by Gasteiger charge is -2.36. The summed E-state index contributed by atoms with van der Waals surface area (Å²) in [6, 6.07) is 3.33. The van der Waals surface area contributed by atoms with Crippen LogP contribution in [-0.4, -0.2) is 51.7 Å². The third kappa shape index (κ3) is 2.96. The summed E-state index contributed by atoms with van der Waals surface area (Å²) in [5.74, 6) is -1.11. The summed E-state index contributed by atoms with van der Waals surface area (Å²) < 4.78 is 6.94. The van der Waals surface area contributed by atoms with E-state index < -0.39 is 5.97 Å². The standard InChI is InChI=1S/C13H18N2O4/c1-9-8-19-10(2)6-15(9)13(18)11-4-3-5-14(11)7-12(16)17/h3-5,9-10H,6-8H2,1-2H3,(H,16,17). The SMILES string of the molecule is CC1CN(C(=O)c2cccn2CC(=O)O)C(C)CO1. The molecule has 0 aromatic carbocycles. The largest absolute Gasteiger partial charge is 0.480 e. The molecule has 2 heterocycles. The number of aromatic nitrogens is 1. The normalized spacial score (nSPS) is 23.4. The third-order valence-corrected chi connectivity index (χ3v) is 3.22. The number of rotatable bonds is 3. The number of morpholine rings is 1. The van der Waals surface area contributed by atoms with E-state index in [1.807, 2.05) is 13.8 Å². The van der Waals surface area contributed by atoms with Gasteiger partial charge in [-0.05, 0) is 26.0 Å². The molecule has 0 spiro atoms. The highest BCUT2D eigenvalue weighted by atomic mass is 16.5. The lowest BCUT2D eigenvalue weighted by Crippen LogP contribution is -2.50. The minimum atomic E-state index is -0.964. The van der Waals surface area contributed by atoms with Crippen molar-refractivity contribution in [3.8, 4) is 0 Å². The van der Waals surface area contributed by atoms with Crippen LogP contribution in [0.4, 0.5) is 0 Å². The molecule has 2 atom stereocenters. The molecule has 19 heavy (non-hydrogen) atoms. The van der Waals surface area contributed by atoms with Gasteiger partial charge in [-0.15, -0.1) is 0 Å². The fourth-order valence-electron chi connectivity index (χ4n) is 2.23. The fraction of sp³-hybridized carbons (Fsp3) is 0.538. The molecule has 1 aliphatic heterocycles. The molecule has 1 N–H and O–H groups in total. The molecule has 6 heteroatoms. The van der Waals surface area contributed by atoms with Crippen molar-refractivity contribution in [1.82, 2.24) is 9.47 Å². The first-order valence-corrected chi connectivity index (χ1v) is 6.28. The topological polar surface area (TPSA) is 71.8 Å². The van der Waals surface area contributed by atoms with Crippen LogP contribution in [0.2, 0.25) is 0 Å². The second-order valence-electron chi connectivity index (χ2n) is 4.87. The van der Waals surface area contributed by atoms with E-state index in [2.05, 4.69) is 0 Å². The first-order valence-electron chi connectivity index (χ1n) is 6.28. The Bertz CT molecular complexity index is 483. The molecule has 0 bridgehead atoms. The number of carbonyl (C=O) groups excluding carboxylic acids is 1.